The van der Waals surface area contributed by atoms with Crippen LogP contribution in [0.1, 0.15) is 24.8 Å². The number of nitrogens with zero attached hydrogens (tertiary/aromatic N) is 1. The zero-order valence-corrected chi connectivity index (χ0v) is 8.79. The Hall–Kier alpha value is -0.890. The van der Waals surface area contributed by atoms with Gasteiger partial charge in [-0.05, 0) is 49.4 Å². The number of hydrogen-bond donors (Lipinski definition) is 1. The largest absolute Gasteiger partial charge is 0.319 e. The van der Waals surface area contributed by atoms with Crippen molar-refractivity contribution in [3.8, 4) is 0 Å². The molecule has 14 heavy (non-hydrogen) atoms. The molecule has 1 heterocycles. The molecule has 0 aromatic carbocycles. The van der Waals surface area contributed by atoms with Crippen molar-refractivity contribution < 1.29 is 0 Å². The Kier molecular flexibility index (Phi) is 2.82. The van der Waals surface area contributed by atoms with Crippen LogP contribution in [0, 0.1) is 5.41 Å². The fourth-order valence-electron chi connectivity index (χ4n) is 2.40. The third-order valence-corrected chi connectivity index (χ3v) is 3.29. The standard InChI is InChI=1S/C12H18N2/c1-13-10-12(5-2-6-12)9-11-3-7-14-8-4-11/h3-4,7-8,13H,2,5-6,9-10H2,1H3. The highest BCUT2D eigenvalue weighted by molar-refractivity contribution is 5.14. The van der Waals surface area contributed by atoms with Gasteiger partial charge >= 0.3 is 0 Å². The lowest BCUT2D eigenvalue weighted by Crippen LogP contribution is -2.40. The van der Waals surface area contributed by atoms with E-state index < -0.39 is 0 Å². The van der Waals surface area contributed by atoms with Crippen molar-refractivity contribution in [2.75, 3.05) is 13.6 Å². The number of pyridine rings is 1. The van der Waals surface area contributed by atoms with Gasteiger partial charge in [-0.1, -0.05) is 6.42 Å². The highest BCUT2D eigenvalue weighted by Crippen LogP contribution is 2.42. The zero-order valence-electron chi connectivity index (χ0n) is 8.79. The van der Waals surface area contributed by atoms with E-state index in [1.165, 1.54) is 31.2 Å². The second-order valence-corrected chi connectivity index (χ2v) is 4.42. The molecular weight excluding hydrogens is 172 g/mol. The molecule has 2 rings (SSSR count). The molecular formula is C12H18N2. The molecule has 1 aromatic rings. The maximum absolute atomic E-state index is 4.05. The lowest BCUT2D eigenvalue weighted by molar-refractivity contribution is 0.133. The lowest BCUT2D eigenvalue weighted by Gasteiger charge is -2.42. The number of rotatable bonds is 4. The predicted octanol–water partition coefficient (Wildman–Crippen LogP) is 2.01. The van der Waals surface area contributed by atoms with Gasteiger partial charge in [-0.25, -0.2) is 0 Å². The van der Waals surface area contributed by atoms with Gasteiger partial charge in [-0.3, -0.25) is 4.98 Å². The first-order valence-corrected chi connectivity index (χ1v) is 5.38. The Morgan fingerprint density at radius 3 is 2.57 bits per heavy atom. The van der Waals surface area contributed by atoms with Gasteiger partial charge < -0.3 is 5.32 Å². The smallest absolute Gasteiger partial charge is 0.0270 e. The lowest BCUT2D eigenvalue weighted by atomic mass is 9.65. The van der Waals surface area contributed by atoms with Crippen molar-refractivity contribution in [2.45, 2.75) is 25.7 Å². The van der Waals surface area contributed by atoms with Crippen molar-refractivity contribution >= 4 is 0 Å². The van der Waals surface area contributed by atoms with E-state index in [1.54, 1.807) is 0 Å². The molecule has 0 bridgehead atoms. The van der Waals surface area contributed by atoms with Crippen LogP contribution >= 0.6 is 0 Å². The normalized spacial score (nSPS) is 18.9. The molecule has 1 aromatic heterocycles. The summed E-state index contributed by atoms with van der Waals surface area (Å²) in [4.78, 5) is 4.05. The first-order valence-electron chi connectivity index (χ1n) is 5.38. The van der Waals surface area contributed by atoms with Gasteiger partial charge in [0.15, 0.2) is 0 Å². The number of nitrogens with one attached hydrogen (secondary N) is 1. The van der Waals surface area contributed by atoms with Crippen molar-refractivity contribution in [2.24, 2.45) is 5.41 Å². The Bertz CT molecular complexity index is 278. The zero-order chi connectivity index (χ0) is 9.86. The second kappa shape index (κ2) is 4.09. The highest BCUT2D eigenvalue weighted by Gasteiger charge is 2.35. The van der Waals surface area contributed by atoms with Crippen molar-refractivity contribution in [1.29, 1.82) is 0 Å². The predicted molar refractivity (Wildman–Crippen MR) is 58.2 cm³/mol. The summed E-state index contributed by atoms with van der Waals surface area (Å²) >= 11 is 0. The Labute approximate surface area is 85.7 Å². The molecule has 1 fully saturated rings. The molecule has 1 aliphatic carbocycles. The van der Waals surface area contributed by atoms with Crippen molar-refractivity contribution in [3.63, 3.8) is 0 Å². The first-order chi connectivity index (χ1) is 6.85. The fourth-order valence-corrected chi connectivity index (χ4v) is 2.40. The van der Waals surface area contributed by atoms with E-state index in [9.17, 15) is 0 Å². The summed E-state index contributed by atoms with van der Waals surface area (Å²) in [7, 11) is 2.05. The third kappa shape index (κ3) is 1.95. The summed E-state index contributed by atoms with van der Waals surface area (Å²) in [6.45, 7) is 1.15. The van der Waals surface area contributed by atoms with E-state index in [4.69, 9.17) is 0 Å². The Morgan fingerprint density at radius 1 is 1.36 bits per heavy atom. The van der Waals surface area contributed by atoms with Gasteiger partial charge in [0.1, 0.15) is 0 Å². The van der Waals surface area contributed by atoms with E-state index in [-0.39, 0.29) is 0 Å². The molecule has 0 aliphatic heterocycles. The monoisotopic (exact) mass is 190 g/mol. The second-order valence-electron chi connectivity index (χ2n) is 4.42. The minimum Gasteiger partial charge on any atom is -0.319 e. The van der Waals surface area contributed by atoms with E-state index in [0.29, 0.717) is 5.41 Å². The number of aromatic nitrogens is 1. The molecule has 76 valence electrons. The molecule has 0 radical (unpaired) electrons. The SMILES string of the molecule is CNCC1(Cc2ccncc2)CCC1. The molecule has 0 amide bonds. The molecule has 0 spiro atoms. The minimum absolute atomic E-state index is 0.538. The van der Waals surface area contributed by atoms with Crippen LogP contribution in [0.5, 0.6) is 0 Å². The molecule has 0 unspecified atom stereocenters. The minimum atomic E-state index is 0.538. The van der Waals surface area contributed by atoms with Crippen LogP contribution in [-0.2, 0) is 6.42 Å². The average Bonchev–Trinajstić information content (AvgIpc) is 2.16. The van der Waals surface area contributed by atoms with Crippen LogP contribution in [-0.4, -0.2) is 18.6 Å². The maximum atomic E-state index is 4.05. The van der Waals surface area contributed by atoms with Crippen LogP contribution in [0.2, 0.25) is 0 Å². The van der Waals surface area contributed by atoms with Crippen LogP contribution in [0.4, 0.5) is 0 Å². The van der Waals surface area contributed by atoms with E-state index in [2.05, 4.69) is 22.4 Å². The summed E-state index contributed by atoms with van der Waals surface area (Å²) in [5, 5.41) is 3.32. The fraction of sp³-hybridized carbons (Fsp3) is 0.583. The quantitative estimate of drug-likeness (QED) is 0.785. The summed E-state index contributed by atoms with van der Waals surface area (Å²) in [6, 6.07) is 4.27. The summed E-state index contributed by atoms with van der Waals surface area (Å²) < 4.78 is 0. The molecule has 2 heteroatoms. The van der Waals surface area contributed by atoms with Crippen LogP contribution in [0.25, 0.3) is 0 Å². The topological polar surface area (TPSA) is 24.9 Å². The highest BCUT2D eigenvalue weighted by atomic mass is 14.8. The average molecular weight is 190 g/mol. The number of hydrogen-bond acceptors (Lipinski definition) is 2. The van der Waals surface area contributed by atoms with Gasteiger partial charge in [-0.15, -0.1) is 0 Å². The Morgan fingerprint density at radius 2 is 2.07 bits per heavy atom. The van der Waals surface area contributed by atoms with Gasteiger partial charge in [0.25, 0.3) is 0 Å². The summed E-state index contributed by atoms with van der Waals surface area (Å²) in [5.74, 6) is 0. The molecule has 2 nitrogen and oxygen atoms in total. The van der Waals surface area contributed by atoms with Crippen molar-refractivity contribution in [3.05, 3.63) is 30.1 Å². The van der Waals surface area contributed by atoms with E-state index in [0.717, 1.165) is 6.54 Å². The molecule has 1 saturated carbocycles. The molecule has 0 atom stereocenters. The molecule has 1 aliphatic rings. The first kappa shape index (κ1) is 9.66. The van der Waals surface area contributed by atoms with Crippen LogP contribution in [0.3, 0.4) is 0 Å². The van der Waals surface area contributed by atoms with E-state index >= 15 is 0 Å². The van der Waals surface area contributed by atoms with Gasteiger partial charge in [-0.2, -0.15) is 0 Å². The summed E-state index contributed by atoms with van der Waals surface area (Å²) in [5.41, 5.74) is 1.96. The van der Waals surface area contributed by atoms with Crippen LogP contribution < -0.4 is 5.32 Å². The molecule has 0 saturated heterocycles. The summed E-state index contributed by atoms with van der Waals surface area (Å²) in [6.07, 6.45) is 9.12. The third-order valence-electron chi connectivity index (χ3n) is 3.29. The van der Waals surface area contributed by atoms with Gasteiger partial charge in [0.2, 0.25) is 0 Å². The molecule has 1 N–H and O–H groups in total. The van der Waals surface area contributed by atoms with E-state index in [1.807, 2.05) is 19.4 Å². The van der Waals surface area contributed by atoms with Gasteiger partial charge in [0.05, 0.1) is 0 Å². The maximum Gasteiger partial charge on any atom is 0.0270 e. The van der Waals surface area contributed by atoms with Crippen molar-refractivity contribution in [1.82, 2.24) is 10.3 Å². The Balaban J connectivity index is 2.01. The van der Waals surface area contributed by atoms with Gasteiger partial charge in [0, 0.05) is 18.9 Å². The van der Waals surface area contributed by atoms with Crippen LogP contribution in [0.15, 0.2) is 24.5 Å².